The van der Waals surface area contributed by atoms with E-state index in [1.54, 1.807) is 0 Å². The Morgan fingerprint density at radius 3 is 2.94 bits per heavy atom. The fourth-order valence-corrected chi connectivity index (χ4v) is 2.22. The second-order valence-electron chi connectivity index (χ2n) is 3.75. The van der Waals surface area contributed by atoms with Gasteiger partial charge in [0.1, 0.15) is 11.8 Å². The summed E-state index contributed by atoms with van der Waals surface area (Å²) in [6, 6.07) is 8.01. The predicted molar refractivity (Wildman–Crippen MR) is 67.5 cm³/mol. The molecule has 16 heavy (non-hydrogen) atoms. The summed E-state index contributed by atoms with van der Waals surface area (Å²) >= 11 is 3.45. The van der Waals surface area contributed by atoms with Crippen LogP contribution in [0.4, 0.5) is 0 Å². The van der Waals surface area contributed by atoms with Crippen LogP contribution in [-0.4, -0.2) is 6.61 Å². The van der Waals surface area contributed by atoms with Gasteiger partial charge in [-0.3, -0.25) is 5.84 Å². The predicted octanol–water partition coefficient (Wildman–Crippen LogP) is 2.65. The number of nitrogens with one attached hydrogen (secondary N) is 1. The number of halogens is 1. The summed E-state index contributed by atoms with van der Waals surface area (Å²) in [4.78, 5) is 0. The van der Waals surface area contributed by atoms with Gasteiger partial charge in [-0.15, -0.1) is 0 Å². The molecular weight excluding hydrogens is 268 g/mol. The Morgan fingerprint density at radius 1 is 1.44 bits per heavy atom. The minimum absolute atomic E-state index is 0.0576. The van der Waals surface area contributed by atoms with Gasteiger partial charge >= 0.3 is 0 Å². The molecule has 1 aromatic carbocycles. The molecule has 1 aliphatic heterocycles. The van der Waals surface area contributed by atoms with E-state index in [4.69, 9.17) is 10.6 Å². The zero-order valence-electron chi connectivity index (χ0n) is 8.95. The highest BCUT2D eigenvalue weighted by Gasteiger charge is 2.18. The van der Waals surface area contributed by atoms with Crippen LogP contribution < -0.4 is 11.3 Å². The Kier molecular flexibility index (Phi) is 3.98. The van der Waals surface area contributed by atoms with Crippen molar-refractivity contribution >= 4 is 15.9 Å². The van der Waals surface area contributed by atoms with E-state index in [1.165, 1.54) is 0 Å². The summed E-state index contributed by atoms with van der Waals surface area (Å²) in [6.45, 7) is 0.776. The second-order valence-corrected chi connectivity index (χ2v) is 4.67. The molecule has 86 valence electrons. The molecule has 0 bridgehead atoms. The summed E-state index contributed by atoms with van der Waals surface area (Å²) < 4.78 is 6.67. The third-order valence-corrected chi connectivity index (χ3v) is 3.09. The fraction of sp³-hybridized carbons (Fsp3) is 0.333. The maximum Gasteiger partial charge on any atom is 0.115 e. The van der Waals surface area contributed by atoms with Gasteiger partial charge in [0, 0.05) is 4.47 Å². The van der Waals surface area contributed by atoms with Gasteiger partial charge in [-0.2, -0.15) is 0 Å². The maximum absolute atomic E-state index is 5.63. The van der Waals surface area contributed by atoms with E-state index >= 15 is 0 Å². The highest BCUT2D eigenvalue weighted by atomic mass is 79.9. The van der Waals surface area contributed by atoms with E-state index in [-0.39, 0.29) is 6.04 Å². The summed E-state index contributed by atoms with van der Waals surface area (Å²) in [7, 11) is 0. The average Bonchev–Trinajstić information content (AvgIpc) is 2.31. The molecule has 0 aromatic heterocycles. The third-order valence-electron chi connectivity index (χ3n) is 2.60. The van der Waals surface area contributed by atoms with E-state index in [2.05, 4.69) is 27.4 Å². The Morgan fingerprint density at radius 2 is 2.31 bits per heavy atom. The standard InChI is InChI=1S/C12H15BrN2O/c13-10-5-3-4-9(8-10)12(15-14)11-6-1-2-7-16-11/h3-6,8,12,15H,1-2,7,14H2. The van der Waals surface area contributed by atoms with Crippen LogP contribution in [-0.2, 0) is 4.74 Å². The van der Waals surface area contributed by atoms with E-state index in [0.717, 1.165) is 35.2 Å². The van der Waals surface area contributed by atoms with E-state index in [9.17, 15) is 0 Å². The molecule has 1 aliphatic rings. The van der Waals surface area contributed by atoms with Crippen molar-refractivity contribution in [1.29, 1.82) is 0 Å². The van der Waals surface area contributed by atoms with Crippen LogP contribution in [0.25, 0.3) is 0 Å². The van der Waals surface area contributed by atoms with Crippen molar-refractivity contribution in [2.45, 2.75) is 18.9 Å². The number of benzene rings is 1. The zero-order chi connectivity index (χ0) is 11.4. The molecule has 2 rings (SSSR count). The van der Waals surface area contributed by atoms with E-state index in [0.29, 0.717) is 0 Å². The lowest BCUT2D eigenvalue weighted by Gasteiger charge is -2.23. The molecule has 1 heterocycles. The van der Waals surface area contributed by atoms with Gasteiger partial charge in [-0.05, 0) is 36.6 Å². The van der Waals surface area contributed by atoms with Crippen LogP contribution in [0.1, 0.15) is 24.4 Å². The van der Waals surface area contributed by atoms with Crippen molar-refractivity contribution < 1.29 is 4.74 Å². The van der Waals surface area contributed by atoms with Gasteiger partial charge in [0.15, 0.2) is 0 Å². The lowest BCUT2D eigenvalue weighted by Crippen LogP contribution is -2.31. The van der Waals surface area contributed by atoms with Gasteiger partial charge in [0.25, 0.3) is 0 Å². The second kappa shape index (κ2) is 5.48. The number of allylic oxidation sites excluding steroid dienone is 1. The first-order chi connectivity index (χ1) is 7.81. The molecule has 1 unspecified atom stereocenters. The monoisotopic (exact) mass is 282 g/mol. The normalized spacial score (nSPS) is 17.5. The molecule has 0 aliphatic carbocycles. The number of ether oxygens (including phenoxy) is 1. The highest BCUT2D eigenvalue weighted by molar-refractivity contribution is 9.10. The minimum atomic E-state index is -0.0576. The van der Waals surface area contributed by atoms with Crippen molar-refractivity contribution in [3.05, 3.63) is 46.1 Å². The smallest absolute Gasteiger partial charge is 0.115 e. The van der Waals surface area contributed by atoms with Crippen molar-refractivity contribution in [3.8, 4) is 0 Å². The molecule has 0 spiro atoms. The van der Waals surface area contributed by atoms with Crippen molar-refractivity contribution in [2.75, 3.05) is 6.61 Å². The topological polar surface area (TPSA) is 47.3 Å². The average molecular weight is 283 g/mol. The van der Waals surface area contributed by atoms with Gasteiger partial charge in [0.2, 0.25) is 0 Å². The molecule has 0 saturated carbocycles. The quantitative estimate of drug-likeness (QED) is 0.662. The van der Waals surface area contributed by atoms with E-state index in [1.807, 2.05) is 24.3 Å². The SMILES string of the molecule is NNC(C1=CCCCO1)c1cccc(Br)c1. The molecule has 0 saturated heterocycles. The molecule has 0 fully saturated rings. The Labute approximate surface area is 104 Å². The van der Waals surface area contributed by atoms with Gasteiger partial charge in [0.05, 0.1) is 6.61 Å². The fourth-order valence-electron chi connectivity index (χ4n) is 1.81. The van der Waals surface area contributed by atoms with Crippen LogP contribution in [0.2, 0.25) is 0 Å². The highest BCUT2D eigenvalue weighted by Crippen LogP contribution is 2.26. The van der Waals surface area contributed by atoms with Gasteiger partial charge in [-0.1, -0.05) is 28.1 Å². The first kappa shape index (κ1) is 11.6. The summed E-state index contributed by atoms with van der Waals surface area (Å²) in [6.07, 6.45) is 4.25. The molecule has 0 radical (unpaired) electrons. The Balaban J connectivity index is 2.25. The molecule has 1 aromatic rings. The zero-order valence-corrected chi connectivity index (χ0v) is 10.5. The number of hydrogen-bond donors (Lipinski definition) is 2. The lowest BCUT2D eigenvalue weighted by atomic mass is 10.0. The summed E-state index contributed by atoms with van der Waals surface area (Å²) in [5.74, 6) is 6.52. The van der Waals surface area contributed by atoms with Crippen LogP contribution in [0.15, 0.2) is 40.6 Å². The largest absolute Gasteiger partial charge is 0.496 e. The number of hydrogen-bond acceptors (Lipinski definition) is 3. The van der Waals surface area contributed by atoms with Crippen LogP contribution in [0.3, 0.4) is 0 Å². The van der Waals surface area contributed by atoms with Crippen molar-refractivity contribution in [2.24, 2.45) is 5.84 Å². The van der Waals surface area contributed by atoms with E-state index < -0.39 is 0 Å². The number of hydrazine groups is 1. The third kappa shape index (κ3) is 2.64. The first-order valence-corrected chi connectivity index (χ1v) is 6.15. The molecule has 3 N–H and O–H groups in total. The maximum atomic E-state index is 5.63. The van der Waals surface area contributed by atoms with Crippen LogP contribution >= 0.6 is 15.9 Å². The molecular formula is C12H15BrN2O. The molecule has 0 amide bonds. The Bertz CT molecular complexity index is 392. The first-order valence-electron chi connectivity index (χ1n) is 5.35. The molecule has 4 heteroatoms. The molecule has 3 nitrogen and oxygen atoms in total. The van der Waals surface area contributed by atoms with Crippen LogP contribution in [0.5, 0.6) is 0 Å². The summed E-state index contributed by atoms with van der Waals surface area (Å²) in [5.41, 5.74) is 3.90. The van der Waals surface area contributed by atoms with Crippen LogP contribution in [0, 0.1) is 0 Å². The number of nitrogens with two attached hydrogens (primary N) is 1. The van der Waals surface area contributed by atoms with Gasteiger partial charge < -0.3 is 4.74 Å². The summed E-state index contributed by atoms with van der Waals surface area (Å²) in [5, 5.41) is 0. The van der Waals surface area contributed by atoms with Crippen molar-refractivity contribution in [3.63, 3.8) is 0 Å². The number of rotatable bonds is 3. The van der Waals surface area contributed by atoms with Gasteiger partial charge in [-0.25, -0.2) is 5.43 Å². The molecule has 1 atom stereocenters. The van der Waals surface area contributed by atoms with Crippen molar-refractivity contribution in [1.82, 2.24) is 5.43 Å². The Hall–Kier alpha value is -0.840. The lowest BCUT2D eigenvalue weighted by molar-refractivity contribution is 0.168. The minimum Gasteiger partial charge on any atom is -0.496 e.